The molecule has 0 saturated carbocycles. The summed E-state index contributed by atoms with van der Waals surface area (Å²) in [4.78, 5) is 32.0. The predicted molar refractivity (Wildman–Crippen MR) is 154 cm³/mol. The SMILES string of the molecule is Cc1cc(C(=O)N2CCC(N)C2)cc(C)c1/C=C/S(=O)(=O)N1CCC2(CC1)N=C(c1cccc(OC(F)(F)F)c1)NC2=O. The second-order valence-electron chi connectivity index (χ2n) is 11.1. The van der Waals surface area contributed by atoms with Crippen molar-refractivity contribution in [2.45, 2.75) is 51.1 Å². The molecule has 0 aromatic heterocycles. The predicted octanol–water partition coefficient (Wildman–Crippen LogP) is 3.09. The van der Waals surface area contributed by atoms with E-state index in [1.54, 1.807) is 17.0 Å². The summed E-state index contributed by atoms with van der Waals surface area (Å²) in [5.41, 5.74) is 7.68. The lowest BCUT2D eigenvalue weighted by Gasteiger charge is -2.34. The van der Waals surface area contributed by atoms with Crippen molar-refractivity contribution in [1.29, 1.82) is 0 Å². The van der Waals surface area contributed by atoms with Crippen LogP contribution in [0.25, 0.3) is 6.08 Å². The van der Waals surface area contributed by atoms with Gasteiger partial charge in [0.05, 0.1) is 0 Å². The van der Waals surface area contributed by atoms with E-state index in [1.807, 2.05) is 13.8 Å². The third-order valence-electron chi connectivity index (χ3n) is 7.99. The molecule has 14 heteroatoms. The zero-order valence-electron chi connectivity index (χ0n) is 23.6. The van der Waals surface area contributed by atoms with Crippen LogP contribution in [-0.4, -0.2) is 79.4 Å². The lowest BCUT2D eigenvalue weighted by molar-refractivity contribution is -0.274. The van der Waals surface area contributed by atoms with Gasteiger partial charge in [-0.1, -0.05) is 12.1 Å². The van der Waals surface area contributed by atoms with E-state index in [4.69, 9.17) is 5.73 Å². The lowest BCUT2D eigenvalue weighted by Crippen LogP contribution is -2.50. The van der Waals surface area contributed by atoms with E-state index in [0.29, 0.717) is 24.2 Å². The number of amides is 2. The van der Waals surface area contributed by atoms with Crippen LogP contribution in [-0.2, 0) is 14.8 Å². The average Bonchev–Trinajstić information content (AvgIpc) is 3.50. The number of rotatable bonds is 6. The van der Waals surface area contributed by atoms with Gasteiger partial charge in [-0.15, -0.1) is 13.2 Å². The molecular weight excluding hydrogens is 587 g/mol. The van der Waals surface area contributed by atoms with Gasteiger partial charge in [-0.05, 0) is 80.1 Å². The van der Waals surface area contributed by atoms with Crippen molar-refractivity contribution >= 4 is 33.7 Å². The van der Waals surface area contributed by atoms with Gasteiger partial charge in [-0.2, -0.15) is 4.31 Å². The van der Waals surface area contributed by atoms with Crippen molar-refractivity contribution in [1.82, 2.24) is 14.5 Å². The van der Waals surface area contributed by atoms with Crippen LogP contribution in [0.1, 0.15) is 51.9 Å². The fourth-order valence-electron chi connectivity index (χ4n) is 5.70. The number of sulfonamides is 1. The molecule has 1 atom stereocenters. The molecule has 3 aliphatic rings. The van der Waals surface area contributed by atoms with Gasteiger partial charge in [0.15, 0.2) is 0 Å². The Morgan fingerprint density at radius 3 is 2.42 bits per heavy atom. The maximum absolute atomic E-state index is 13.2. The number of carbonyl (C=O) groups excluding carboxylic acids is 2. The van der Waals surface area contributed by atoms with Gasteiger partial charge >= 0.3 is 6.36 Å². The zero-order valence-corrected chi connectivity index (χ0v) is 24.5. The van der Waals surface area contributed by atoms with Crippen LogP contribution in [0.15, 0.2) is 46.8 Å². The number of nitrogens with one attached hydrogen (secondary N) is 1. The van der Waals surface area contributed by atoms with Gasteiger partial charge in [0.2, 0.25) is 10.0 Å². The highest BCUT2D eigenvalue weighted by Crippen LogP contribution is 2.33. The molecule has 230 valence electrons. The number of aryl methyl sites for hydroxylation is 2. The summed E-state index contributed by atoms with van der Waals surface area (Å²) in [7, 11) is -3.85. The number of ether oxygens (including phenoxy) is 1. The topological polar surface area (TPSA) is 134 Å². The number of halogens is 3. The zero-order chi connectivity index (χ0) is 31.2. The number of aliphatic imine (C=N–C) groups is 1. The summed E-state index contributed by atoms with van der Waals surface area (Å²) < 4.78 is 69.5. The first kappa shape index (κ1) is 30.7. The first-order chi connectivity index (χ1) is 20.2. The van der Waals surface area contributed by atoms with Crippen molar-refractivity contribution in [2.75, 3.05) is 26.2 Å². The Labute approximate surface area is 247 Å². The minimum Gasteiger partial charge on any atom is -0.406 e. The molecule has 1 spiro atoms. The number of benzene rings is 2. The van der Waals surface area contributed by atoms with E-state index in [9.17, 15) is 31.2 Å². The van der Waals surface area contributed by atoms with Crippen LogP contribution in [0, 0.1) is 13.8 Å². The molecule has 2 amide bonds. The van der Waals surface area contributed by atoms with Gasteiger partial charge in [0.1, 0.15) is 17.1 Å². The average molecular weight is 620 g/mol. The molecule has 2 saturated heterocycles. The molecule has 43 heavy (non-hydrogen) atoms. The molecule has 0 radical (unpaired) electrons. The van der Waals surface area contributed by atoms with Gasteiger partial charge in [-0.25, -0.2) is 8.42 Å². The molecule has 1 unspecified atom stereocenters. The minimum atomic E-state index is -4.87. The van der Waals surface area contributed by atoms with Gasteiger partial charge in [0, 0.05) is 48.8 Å². The van der Waals surface area contributed by atoms with E-state index < -0.39 is 33.6 Å². The number of piperidine rings is 1. The summed E-state index contributed by atoms with van der Waals surface area (Å²) in [5, 5.41) is 3.75. The van der Waals surface area contributed by atoms with E-state index in [2.05, 4.69) is 15.0 Å². The van der Waals surface area contributed by atoms with Crippen LogP contribution in [0.5, 0.6) is 5.75 Å². The number of hydrogen-bond acceptors (Lipinski definition) is 7. The number of amidine groups is 1. The molecule has 3 N–H and O–H groups in total. The normalized spacial score (nSPS) is 21.0. The summed E-state index contributed by atoms with van der Waals surface area (Å²) in [6, 6.07) is 8.59. The summed E-state index contributed by atoms with van der Waals surface area (Å²) in [6.45, 7) is 4.79. The Bertz CT molecular complexity index is 1590. The Hall–Kier alpha value is -3.75. The molecule has 2 fully saturated rings. The van der Waals surface area contributed by atoms with Crippen molar-refractivity contribution in [3.05, 3.63) is 69.6 Å². The Kier molecular flexibility index (Phi) is 8.13. The molecule has 0 bridgehead atoms. The number of alkyl halides is 3. The maximum atomic E-state index is 13.2. The second kappa shape index (κ2) is 11.4. The first-order valence-corrected chi connectivity index (χ1v) is 15.3. The lowest BCUT2D eigenvalue weighted by atomic mass is 9.89. The monoisotopic (exact) mass is 619 g/mol. The van der Waals surface area contributed by atoms with Gasteiger partial charge < -0.3 is 20.7 Å². The van der Waals surface area contributed by atoms with Crippen LogP contribution in [0.2, 0.25) is 0 Å². The third kappa shape index (κ3) is 6.60. The van der Waals surface area contributed by atoms with Gasteiger partial charge in [0.25, 0.3) is 11.8 Å². The standard InChI is InChI=1S/C29H32F3N5O5S/c1-18-14-21(26(38)36-10-6-22(33)17-36)15-19(2)24(18)7-13-43(40,41)37-11-8-28(9-12-37)27(39)34-25(35-28)20-4-3-5-23(16-20)42-29(30,31)32/h3-5,7,13-16,22H,6,8-12,17,33H2,1-2H3,(H,34,35,39)/b13-7+. The quantitative estimate of drug-likeness (QED) is 0.511. The number of hydrogen-bond donors (Lipinski definition) is 2. The van der Waals surface area contributed by atoms with Crippen molar-refractivity contribution in [3.63, 3.8) is 0 Å². The minimum absolute atomic E-state index is 0.0253. The highest BCUT2D eigenvalue weighted by atomic mass is 32.2. The third-order valence-corrected chi connectivity index (χ3v) is 9.56. The maximum Gasteiger partial charge on any atom is 0.573 e. The molecule has 2 aromatic rings. The number of carbonyl (C=O) groups is 2. The number of likely N-dealkylation sites (tertiary alicyclic amines) is 1. The fourth-order valence-corrected chi connectivity index (χ4v) is 6.87. The van der Waals surface area contributed by atoms with E-state index in [-0.39, 0.29) is 49.3 Å². The largest absolute Gasteiger partial charge is 0.573 e. The summed E-state index contributed by atoms with van der Waals surface area (Å²) in [6.07, 6.45) is -2.40. The smallest absolute Gasteiger partial charge is 0.406 e. The van der Waals surface area contributed by atoms with Crippen LogP contribution >= 0.6 is 0 Å². The summed E-state index contributed by atoms with van der Waals surface area (Å²) in [5.74, 6) is -0.879. The molecular formula is C29H32F3N5O5S. The highest BCUT2D eigenvalue weighted by molar-refractivity contribution is 7.92. The van der Waals surface area contributed by atoms with Gasteiger partial charge in [-0.3, -0.25) is 14.6 Å². The highest BCUT2D eigenvalue weighted by Gasteiger charge is 2.47. The Balaban J connectivity index is 1.26. The van der Waals surface area contributed by atoms with E-state index in [1.165, 1.54) is 22.5 Å². The Morgan fingerprint density at radius 1 is 1.14 bits per heavy atom. The fraction of sp³-hybridized carbons (Fsp3) is 0.414. The van der Waals surface area contributed by atoms with Crippen LogP contribution in [0.3, 0.4) is 0 Å². The number of nitrogens with two attached hydrogens (primary N) is 1. The van der Waals surface area contributed by atoms with Crippen LogP contribution < -0.4 is 15.8 Å². The van der Waals surface area contributed by atoms with Crippen LogP contribution in [0.4, 0.5) is 13.2 Å². The molecule has 2 aromatic carbocycles. The molecule has 3 aliphatic heterocycles. The first-order valence-electron chi connectivity index (χ1n) is 13.8. The van der Waals surface area contributed by atoms with Crippen molar-refractivity contribution in [3.8, 4) is 5.75 Å². The molecule has 3 heterocycles. The van der Waals surface area contributed by atoms with Crippen molar-refractivity contribution < 1.29 is 35.9 Å². The summed E-state index contributed by atoms with van der Waals surface area (Å²) >= 11 is 0. The molecule has 0 aliphatic carbocycles. The number of nitrogens with zero attached hydrogens (tertiary/aromatic N) is 3. The van der Waals surface area contributed by atoms with E-state index >= 15 is 0 Å². The van der Waals surface area contributed by atoms with E-state index in [0.717, 1.165) is 35.1 Å². The van der Waals surface area contributed by atoms with Crippen molar-refractivity contribution in [2.24, 2.45) is 10.7 Å². The second-order valence-corrected chi connectivity index (χ2v) is 12.9. The Morgan fingerprint density at radius 2 is 1.81 bits per heavy atom. The molecule has 5 rings (SSSR count). The molecule has 10 nitrogen and oxygen atoms in total.